The minimum atomic E-state index is -0.125. The molecule has 15 heteroatoms. The number of hydrogen-bond donors (Lipinski definition) is 3. The van der Waals surface area contributed by atoms with Gasteiger partial charge >= 0.3 is 0 Å². The van der Waals surface area contributed by atoms with Gasteiger partial charge in [-0.15, -0.1) is 175 Å². The van der Waals surface area contributed by atoms with Crippen LogP contribution in [0, 0.1) is 85.7 Å². The zero-order valence-electron chi connectivity index (χ0n) is 63.5. The molecule has 0 bridgehead atoms. The Kier molecular flexibility index (Phi) is 40.8. The van der Waals surface area contributed by atoms with Gasteiger partial charge < -0.3 is 20.3 Å². The summed E-state index contributed by atoms with van der Waals surface area (Å²) in [6, 6.07) is 96.4. The molecule has 14 aromatic rings. The molecule has 0 atom stereocenters. The number of hydrogen-bond acceptors (Lipinski definition) is 11. The molecule has 9 aromatic carbocycles. The fraction of sp³-hybridized carbons (Fsp3) is 0.149. The second kappa shape index (κ2) is 47.7. The molecule has 0 spiro atoms. The molecule has 0 unspecified atom stereocenters. The Balaban J connectivity index is 0.000000330. The fourth-order valence-corrected chi connectivity index (χ4v) is 10.7. The summed E-state index contributed by atoms with van der Waals surface area (Å²) in [6.07, 6.45) is 5.29. The molecule has 5 heterocycles. The third-order valence-corrected chi connectivity index (χ3v) is 15.6. The smallest absolute Gasteiger partial charge is 0.155 e. The molecule has 566 valence electrons. The van der Waals surface area contributed by atoms with Gasteiger partial charge in [0.2, 0.25) is 0 Å². The largest absolute Gasteiger partial charge is 0.512 e. The standard InChI is InChI=1S/4C17H14N.C11H8N.3C5H8O2.4Ir/c1-12-6-5-8-15(13(12)2)17-11-10-14-7-3-4-9-16(14)18-17;1-12-7-9-15(13(2)11-12)17-10-8-14-5-3-4-6-16(14)18-17;1-12-9-13(2)11-15(10-12)17-8-7-14-5-3-4-6-16(14)18-17;1-12-7-8-13(2)15(11-12)17-10-9-14-5-3-4-6-16(14)18-17;1-2-6-10(7-3-1)11-8-4-5-9-12-11;3*1-4(6)3-5(2)7;;;;/h3-7,9-11H,1-2H3;3-8,10-11H,1-2H3;2*3-10H,1-2H3;1-6,8-9H;3*3,6H,1-2H3;;;;/q5*-1;;;;;;;. The number of aromatic nitrogens is 5. The molecule has 0 saturated carbocycles. The first-order chi connectivity index (χ1) is 50.3. The molecule has 0 amide bonds. The van der Waals surface area contributed by atoms with Crippen LogP contribution < -0.4 is 0 Å². The number of para-hydroxylation sites is 4. The summed E-state index contributed by atoms with van der Waals surface area (Å²) in [4.78, 5) is 53.1. The molecular weight excluding hydrogens is 2060 g/mol. The van der Waals surface area contributed by atoms with Gasteiger partial charge in [0.25, 0.3) is 0 Å². The summed E-state index contributed by atoms with van der Waals surface area (Å²) in [5.74, 6) is -0.187. The molecule has 4 radical (unpaired) electrons. The second-order valence-corrected chi connectivity index (χ2v) is 25.1. The quantitative estimate of drug-likeness (QED) is 0.0750. The maximum Gasteiger partial charge on any atom is 0.155 e. The summed E-state index contributed by atoms with van der Waals surface area (Å²) in [6.45, 7) is 25.3. The van der Waals surface area contributed by atoms with Crippen molar-refractivity contribution in [2.24, 2.45) is 0 Å². The van der Waals surface area contributed by atoms with Crippen LogP contribution in [0.25, 0.3) is 99.9 Å². The van der Waals surface area contributed by atoms with E-state index in [0.717, 1.165) is 89.5 Å². The van der Waals surface area contributed by atoms with E-state index in [4.69, 9.17) is 35.3 Å². The SMILES string of the molecule is CC(=O)C=C(C)O.CC(=O)C=C(C)O.CC(=O)C=C(C)O.Cc1[c-]c(-c2ccc3ccccc3n2)c(C)cc1.Cc1[c-]c(-c2ccc3ccccc3n2)cc(C)c1.Cc1c[c-]c(-c2ccc3ccccc3n2)c(C)c1.Cc1cc[c-]c(-c2ccc3ccccc3n2)c1C.[Ir].[Ir].[Ir].[Ir].[c-]1ccccc1-c1ccccn1. The van der Waals surface area contributed by atoms with E-state index in [1.165, 1.54) is 115 Å². The van der Waals surface area contributed by atoms with Crippen molar-refractivity contribution in [1.29, 1.82) is 0 Å². The number of fused-ring (bicyclic) bond motifs is 4. The first-order valence-electron chi connectivity index (χ1n) is 34.2. The average molecular weight is 2150 g/mol. The number of aryl methyl sites for hydroxylation is 7. The molecule has 0 aliphatic carbocycles. The number of carbonyl (C=O) groups is 3. The molecule has 0 saturated heterocycles. The zero-order valence-corrected chi connectivity index (χ0v) is 73.0. The normalized spacial score (nSPS) is 10.4. The third kappa shape index (κ3) is 31.2. The minimum absolute atomic E-state index is 0. The van der Waals surface area contributed by atoms with Gasteiger partial charge in [0.05, 0.1) is 39.3 Å². The molecule has 0 aliphatic heterocycles. The van der Waals surface area contributed by atoms with E-state index in [2.05, 4.69) is 200 Å². The number of aliphatic hydroxyl groups is 3. The molecule has 3 N–H and O–H groups in total. The van der Waals surface area contributed by atoms with Crippen molar-refractivity contribution in [2.75, 3.05) is 0 Å². The van der Waals surface area contributed by atoms with Crippen LogP contribution in [0.15, 0.2) is 278 Å². The van der Waals surface area contributed by atoms with Crippen LogP contribution in [-0.2, 0) is 94.8 Å². The molecule has 0 fully saturated rings. The molecule has 11 nitrogen and oxygen atoms in total. The molecule has 109 heavy (non-hydrogen) atoms. The number of carbonyl (C=O) groups excluding carboxylic acids is 3. The van der Waals surface area contributed by atoms with Gasteiger partial charge in [-0.25, -0.2) is 0 Å². The van der Waals surface area contributed by atoms with Crippen molar-refractivity contribution in [2.45, 2.75) is 96.9 Å². The van der Waals surface area contributed by atoms with Gasteiger partial charge in [-0.3, -0.25) is 34.3 Å². The maximum atomic E-state index is 10.0. The first kappa shape index (κ1) is 93.2. The third-order valence-electron chi connectivity index (χ3n) is 15.6. The van der Waals surface area contributed by atoms with Crippen LogP contribution in [0.1, 0.15) is 86.1 Å². The number of nitrogens with zero attached hydrogens (tertiary/aromatic N) is 5. The van der Waals surface area contributed by atoms with Crippen molar-refractivity contribution in [3.05, 3.63) is 353 Å². The number of aliphatic hydroxyl groups excluding tert-OH is 3. The van der Waals surface area contributed by atoms with Crippen molar-refractivity contribution < 1.29 is 110 Å². The number of rotatable bonds is 8. The van der Waals surface area contributed by atoms with Crippen molar-refractivity contribution >= 4 is 61.0 Å². The summed E-state index contributed by atoms with van der Waals surface area (Å²) in [5, 5.41) is 29.8. The predicted octanol–water partition coefficient (Wildman–Crippen LogP) is 22.9. The Bertz CT molecular complexity index is 5160. The van der Waals surface area contributed by atoms with Gasteiger partial charge in [0.1, 0.15) is 0 Å². The molecule has 5 aromatic heterocycles. The monoisotopic (exact) mass is 2150 g/mol. The van der Waals surface area contributed by atoms with Crippen LogP contribution in [0.3, 0.4) is 0 Å². The fourth-order valence-electron chi connectivity index (χ4n) is 10.7. The Morgan fingerprint density at radius 3 is 1.17 bits per heavy atom. The minimum Gasteiger partial charge on any atom is -0.512 e. The van der Waals surface area contributed by atoms with E-state index in [9.17, 15) is 14.4 Å². The van der Waals surface area contributed by atoms with Crippen LogP contribution in [0.4, 0.5) is 0 Å². The average Bonchev–Trinajstić information content (AvgIpc) is 0.829. The van der Waals surface area contributed by atoms with Gasteiger partial charge in [-0.1, -0.05) is 189 Å². The summed E-state index contributed by atoms with van der Waals surface area (Å²) >= 11 is 0. The Labute approximate surface area is 696 Å². The summed E-state index contributed by atoms with van der Waals surface area (Å²) in [7, 11) is 0. The van der Waals surface area contributed by atoms with Crippen molar-refractivity contribution in [3.63, 3.8) is 0 Å². The van der Waals surface area contributed by atoms with Crippen LogP contribution in [-0.4, -0.2) is 57.6 Å². The molecule has 0 aliphatic rings. The van der Waals surface area contributed by atoms with Gasteiger partial charge in [0.15, 0.2) is 17.3 Å². The number of allylic oxidation sites excluding steroid dienone is 6. The number of benzene rings is 9. The topological polar surface area (TPSA) is 176 Å². The maximum absolute atomic E-state index is 10.0. The number of ketones is 3. The van der Waals surface area contributed by atoms with Crippen molar-refractivity contribution in [1.82, 2.24) is 24.9 Å². The van der Waals surface area contributed by atoms with E-state index in [1.54, 1.807) is 6.20 Å². The van der Waals surface area contributed by atoms with E-state index < -0.39 is 0 Å². The molecular formula is C94H88Ir4N5O6-5. The zero-order chi connectivity index (χ0) is 76.0. The van der Waals surface area contributed by atoms with Crippen LogP contribution >= 0.6 is 0 Å². The van der Waals surface area contributed by atoms with E-state index in [1.807, 2.05) is 127 Å². The van der Waals surface area contributed by atoms with Crippen LogP contribution in [0.5, 0.6) is 0 Å². The first-order valence-corrected chi connectivity index (χ1v) is 34.2. The van der Waals surface area contributed by atoms with E-state index in [-0.39, 0.29) is 115 Å². The summed E-state index contributed by atoms with van der Waals surface area (Å²) in [5.41, 5.74) is 24.2. The van der Waals surface area contributed by atoms with E-state index in [0.29, 0.717) is 0 Å². The molecule has 14 rings (SSSR count). The predicted molar refractivity (Wildman–Crippen MR) is 432 cm³/mol. The Morgan fingerprint density at radius 2 is 0.761 bits per heavy atom. The van der Waals surface area contributed by atoms with Crippen LogP contribution in [0.2, 0.25) is 0 Å². The number of pyridine rings is 5. The summed E-state index contributed by atoms with van der Waals surface area (Å²) < 4.78 is 0. The Morgan fingerprint density at radius 1 is 0.330 bits per heavy atom. The van der Waals surface area contributed by atoms with Gasteiger partial charge in [-0.2, -0.15) is 0 Å². The second-order valence-electron chi connectivity index (χ2n) is 25.1. The van der Waals surface area contributed by atoms with E-state index >= 15 is 0 Å². The van der Waals surface area contributed by atoms with Gasteiger partial charge in [-0.05, 0) is 122 Å². The van der Waals surface area contributed by atoms with Crippen molar-refractivity contribution in [3.8, 4) is 56.3 Å². The Hall–Kier alpha value is -10.0. The van der Waals surface area contributed by atoms with Gasteiger partial charge in [0, 0.05) is 105 Å².